The average Bonchev–Trinajstić information content (AvgIpc) is 2.91. The summed E-state index contributed by atoms with van der Waals surface area (Å²) in [6, 6.07) is 3.81. The van der Waals surface area contributed by atoms with Gasteiger partial charge in [0.05, 0.1) is 11.5 Å². The second-order valence-corrected chi connectivity index (χ2v) is 8.14. The largest absolute Gasteiger partial charge is 0.393 e. The summed E-state index contributed by atoms with van der Waals surface area (Å²) in [5.41, 5.74) is 0.0884. The molecule has 0 aromatic heterocycles. The van der Waals surface area contributed by atoms with Crippen LogP contribution in [0.5, 0.6) is 0 Å². The SMILES string of the molecule is O=C1N([C@H]2CC[C@H](O)CC2)CC[C@@]12CCCN(c1cc(F)cc(F)c1)C2. The Morgan fingerprint density at radius 3 is 2.38 bits per heavy atom. The Labute approximate surface area is 152 Å². The molecule has 1 spiro atoms. The van der Waals surface area contributed by atoms with Crippen LogP contribution in [0.4, 0.5) is 14.5 Å². The quantitative estimate of drug-likeness (QED) is 0.877. The predicted molar refractivity (Wildman–Crippen MR) is 94.8 cm³/mol. The number of anilines is 1. The normalized spacial score (nSPS) is 32.5. The van der Waals surface area contributed by atoms with Gasteiger partial charge in [-0.15, -0.1) is 0 Å². The lowest BCUT2D eigenvalue weighted by atomic mass is 9.78. The number of aliphatic hydroxyl groups excluding tert-OH is 1. The third-order valence-electron chi connectivity index (χ3n) is 6.44. The van der Waals surface area contributed by atoms with Crippen LogP contribution in [0.1, 0.15) is 44.9 Å². The maximum Gasteiger partial charge on any atom is 0.230 e. The summed E-state index contributed by atoms with van der Waals surface area (Å²) in [6.07, 6.45) is 5.51. The zero-order chi connectivity index (χ0) is 18.3. The summed E-state index contributed by atoms with van der Waals surface area (Å²) in [7, 11) is 0. The first-order valence-electron chi connectivity index (χ1n) is 9.67. The molecule has 1 amide bonds. The van der Waals surface area contributed by atoms with E-state index in [1.54, 1.807) is 0 Å². The monoisotopic (exact) mass is 364 g/mol. The minimum Gasteiger partial charge on any atom is -0.393 e. The van der Waals surface area contributed by atoms with Crippen LogP contribution >= 0.6 is 0 Å². The van der Waals surface area contributed by atoms with E-state index < -0.39 is 17.0 Å². The van der Waals surface area contributed by atoms with Crippen LogP contribution in [0.3, 0.4) is 0 Å². The molecule has 0 unspecified atom stereocenters. The lowest BCUT2D eigenvalue weighted by Crippen LogP contribution is -2.50. The van der Waals surface area contributed by atoms with Crippen LogP contribution in [0.2, 0.25) is 0 Å². The molecule has 1 N–H and O–H groups in total. The summed E-state index contributed by atoms with van der Waals surface area (Å²) >= 11 is 0. The van der Waals surface area contributed by atoms with Crippen LogP contribution < -0.4 is 4.90 Å². The summed E-state index contributed by atoms with van der Waals surface area (Å²) in [6.45, 7) is 2.00. The smallest absolute Gasteiger partial charge is 0.230 e. The van der Waals surface area contributed by atoms with Gasteiger partial charge >= 0.3 is 0 Å². The van der Waals surface area contributed by atoms with Crippen molar-refractivity contribution in [1.29, 1.82) is 0 Å². The number of nitrogens with zero attached hydrogens (tertiary/aromatic N) is 2. The number of amides is 1. The minimum absolute atomic E-state index is 0.195. The van der Waals surface area contributed by atoms with Crippen LogP contribution in [-0.2, 0) is 4.79 Å². The van der Waals surface area contributed by atoms with Crippen molar-refractivity contribution < 1.29 is 18.7 Å². The second-order valence-electron chi connectivity index (χ2n) is 8.14. The topological polar surface area (TPSA) is 43.8 Å². The molecule has 2 heterocycles. The van der Waals surface area contributed by atoms with Gasteiger partial charge in [-0.3, -0.25) is 4.79 Å². The number of halogens is 2. The minimum atomic E-state index is -0.584. The average molecular weight is 364 g/mol. The van der Waals surface area contributed by atoms with E-state index in [9.17, 15) is 18.7 Å². The number of piperidine rings is 1. The summed E-state index contributed by atoms with van der Waals surface area (Å²) in [5.74, 6) is -0.972. The van der Waals surface area contributed by atoms with Gasteiger partial charge in [0.1, 0.15) is 11.6 Å². The van der Waals surface area contributed by atoms with Crippen molar-refractivity contribution in [3.8, 4) is 0 Å². The highest BCUT2D eigenvalue weighted by Gasteiger charge is 2.50. The fourth-order valence-electron chi connectivity index (χ4n) is 5.02. The van der Waals surface area contributed by atoms with E-state index in [0.717, 1.165) is 57.6 Å². The Kier molecular flexibility index (Phi) is 4.63. The molecule has 2 aliphatic heterocycles. The van der Waals surface area contributed by atoms with Gasteiger partial charge in [0.25, 0.3) is 0 Å². The van der Waals surface area contributed by atoms with E-state index in [1.807, 2.05) is 9.80 Å². The zero-order valence-corrected chi connectivity index (χ0v) is 15.0. The fraction of sp³-hybridized carbons (Fsp3) is 0.650. The van der Waals surface area contributed by atoms with E-state index in [2.05, 4.69) is 0 Å². The van der Waals surface area contributed by atoms with Gasteiger partial charge in [-0.2, -0.15) is 0 Å². The van der Waals surface area contributed by atoms with E-state index in [-0.39, 0.29) is 18.1 Å². The molecule has 1 aromatic rings. The molecule has 1 saturated carbocycles. The Hall–Kier alpha value is -1.69. The van der Waals surface area contributed by atoms with Crippen LogP contribution in [0.15, 0.2) is 18.2 Å². The summed E-state index contributed by atoms with van der Waals surface area (Å²) in [5, 5.41) is 9.71. The lowest BCUT2D eigenvalue weighted by Gasteiger charge is -2.41. The van der Waals surface area contributed by atoms with Crippen molar-refractivity contribution >= 4 is 11.6 Å². The van der Waals surface area contributed by atoms with Crippen LogP contribution in [0, 0.1) is 17.0 Å². The first-order valence-corrected chi connectivity index (χ1v) is 9.67. The number of hydrogen-bond acceptors (Lipinski definition) is 3. The van der Waals surface area contributed by atoms with Crippen molar-refractivity contribution in [1.82, 2.24) is 4.90 Å². The Morgan fingerprint density at radius 1 is 1.00 bits per heavy atom. The third-order valence-corrected chi connectivity index (χ3v) is 6.44. The van der Waals surface area contributed by atoms with E-state index >= 15 is 0 Å². The van der Waals surface area contributed by atoms with Gasteiger partial charge < -0.3 is 14.9 Å². The van der Waals surface area contributed by atoms with Crippen molar-refractivity contribution in [3.05, 3.63) is 29.8 Å². The molecule has 4 rings (SSSR count). The number of carbonyl (C=O) groups is 1. The van der Waals surface area contributed by atoms with Crippen molar-refractivity contribution in [2.45, 2.75) is 57.1 Å². The Morgan fingerprint density at radius 2 is 1.69 bits per heavy atom. The second kappa shape index (κ2) is 6.80. The molecule has 0 radical (unpaired) electrons. The van der Waals surface area contributed by atoms with E-state index in [4.69, 9.17) is 0 Å². The highest BCUT2D eigenvalue weighted by Crippen LogP contribution is 2.43. The molecule has 1 aromatic carbocycles. The highest BCUT2D eigenvalue weighted by atomic mass is 19.1. The highest BCUT2D eigenvalue weighted by molar-refractivity contribution is 5.86. The fourth-order valence-corrected chi connectivity index (χ4v) is 5.02. The molecule has 0 bridgehead atoms. The van der Waals surface area contributed by atoms with Gasteiger partial charge in [0.2, 0.25) is 5.91 Å². The van der Waals surface area contributed by atoms with Crippen molar-refractivity contribution in [3.63, 3.8) is 0 Å². The van der Waals surface area contributed by atoms with Gasteiger partial charge in [-0.25, -0.2) is 8.78 Å². The molecule has 1 atom stereocenters. The summed E-state index contributed by atoms with van der Waals surface area (Å²) in [4.78, 5) is 17.2. The maximum absolute atomic E-state index is 13.6. The number of hydrogen-bond donors (Lipinski definition) is 1. The molecule has 2 saturated heterocycles. The van der Waals surface area contributed by atoms with E-state index in [0.29, 0.717) is 18.8 Å². The number of carbonyl (C=O) groups excluding carboxylic acids is 1. The maximum atomic E-state index is 13.6. The molecular formula is C20H26F2N2O2. The first-order chi connectivity index (χ1) is 12.5. The van der Waals surface area contributed by atoms with Crippen LogP contribution in [0.25, 0.3) is 0 Å². The molecule has 26 heavy (non-hydrogen) atoms. The standard InChI is InChI=1S/C20H26F2N2O2/c21-14-10-15(22)12-17(11-14)23-8-1-6-20(13-23)7-9-24(19(20)26)16-2-4-18(25)5-3-16/h10-12,16,18,25H,1-9,13H2/t16-,18-,20-/m1/s1. The van der Waals surface area contributed by atoms with Crippen LogP contribution in [-0.4, -0.2) is 47.7 Å². The van der Waals surface area contributed by atoms with Gasteiger partial charge in [-0.05, 0) is 57.1 Å². The summed E-state index contributed by atoms with van der Waals surface area (Å²) < 4.78 is 27.2. The van der Waals surface area contributed by atoms with Gasteiger partial charge in [0, 0.05) is 37.4 Å². The number of likely N-dealkylation sites (tertiary alicyclic amines) is 1. The van der Waals surface area contributed by atoms with E-state index in [1.165, 1.54) is 12.1 Å². The lowest BCUT2D eigenvalue weighted by molar-refractivity contribution is -0.139. The molecule has 4 nitrogen and oxygen atoms in total. The first kappa shape index (κ1) is 17.7. The molecule has 3 fully saturated rings. The molecule has 3 aliphatic rings. The number of aliphatic hydroxyl groups is 1. The Balaban J connectivity index is 1.50. The molecule has 142 valence electrons. The van der Waals surface area contributed by atoms with Gasteiger partial charge in [-0.1, -0.05) is 0 Å². The predicted octanol–water partition coefficient (Wildman–Crippen LogP) is 3.09. The molecule has 6 heteroatoms. The van der Waals surface area contributed by atoms with Crippen molar-refractivity contribution in [2.75, 3.05) is 24.5 Å². The number of benzene rings is 1. The molecular weight excluding hydrogens is 338 g/mol. The van der Waals surface area contributed by atoms with Crippen molar-refractivity contribution in [2.24, 2.45) is 5.41 Å². The number of rotatable bonds is 2. The molecule has 1 aliphatic carbocycles. The zero-order valence-electron chi connectivity index (χ0n) is 15.0. The Bertz CT molecular complexity index is 670. The third kappa shape index (κ3) is 3.20. The van der Waals surface area contributed by atoms with Gasteiger partial charge in [0.15, 0.2) is 0 Å².